The van der Waals surface area contributed by atoms with E-state index in [2.05, 4.69) is 20.9 Å². The highest BCUT2D eigenvalue weighted by Gasteiger charge is 2.11. The fraction of sp³-hybridized carbons (Fsp3) is 0. The van der Waals surface area contributed by atoms with Crippen LogP contribution in [0.5, 0.6) is 0 Å². The molecule has 3 rings (SSSR count). The van der Waals surface area contributed by atoms with Crippen molar-refractivity contribution in [2.24, 2.45) is 0 Å². The second-order valence-corrected chi connectivity index (χ2v) is 4.51. The third-order valence-corrected chi connectivity index (χ3v) is 3.07. The van der Waals surface area contributed by atoms with Crippen molar-refractivity contribution in [2.75, 3.05) is 0 Å². The van der Waals surface area contributed by atoms with E-state index in [9.17, 15) is 8.78 Å². The average Bonchev–Trinajstić information content (AvgIpc) is 2.59. The monoisotopic (exact) mass is 281 g/mol. The molecule has 3 aromatic rings. The van der Waals surface area contributed by atoms with Crippen molar-refractivity contribution in [1.82, 2.24) is 4.98 Å². The largest absolute Gasteiger partial charge is 0.350 e. The number of aromatic nitrogens is 1. The van der Waals surface area contributed by atoms with Gasteiger partial charge in [-0.2, -0.15) is 0 Å². The Kier molecular flexibility index (Phi) is 2.01. The van der Waals surface area contributed by atoms with E-state index in [1.54, 1.807) is 18.2 Å². The maximum atomic E-state index is 13.6. The van der Waals surface area contributed by atoms with Gasteiger partial charge in [0, 0.05) is 15.2 Å². The van der Waals surface area contributed by atoms with Gasteiger partial charge in [0.05, 0.1) is 11.0 Å². The summed E-state index contributed by atoms with van der Waals surface area (Å²) in [5, 5.41) is 1.37. The van der Waals surface area contributed by atoms with Crippen molar-refractivity contribution < 1.29 is 8.78 Å². The maximum Gasteiger partial charge on any atom is 0.148 e. The topological polar surface area (TPSA) is 15.8 Å². The Morgan fingerprint density at radius 3 is 2.50 bits per heavy atom. The van der Waals surface area contributed by atoms with Crippen LogP contribution in [0, 0.1) is 11.6 Å². The van der Waals surface area contributed by atoms with Crippen LogP contribution in [-0.4, -0.2) is 4.98 Å². The molecule has 0 unspecified atom stereocenters. The molecular weight excluding hydrogens is 276 g/mol. The minimum Gasteiger partial charge on any atom is -0.350 e. The third-order valence-electron chi connectivity index (χ3n) is 2.61. The number of fused-ring (bicyclic) bond motifs is 3. The highest BCUT2D eigenvalue weighted by Crippen LogP contribution is 2.30. The molecule has 1 aromatic heterocycles. The van der Waals surface area contributed by atoms with Crippen molar-refractivity contribution in [3.63, 3.8) is 0 Å². The number of hydrogen-bond acceptors (Lipinski definition) is 0. The van der Waals surface area contributed by atoms with E-state index < -0.39 is 0 Å². The first-order chi connectivity index (χ1) is 7.66. The first kappa shape index (κ1) is 9.78. The van der Waals surface area contributed by atoms with Gasteiger partial charge in [0.15, 0.2) is 0 Å². The summed E-state index contributed by atoms with van der Waals surface area (Å²) in [7, 11) is 0. The Balaban J connectivity index is 2.61. The fourth-order valence-electron chi connectivity index (χ4n) is 1.91. The summed E-state index contributed by atoms with van der Waals surface area (Å²) in [6, 6.07) is 7.86. The number of H-pyrrole nitrogens is 1. The predicted octanol–water partition coefficient (Wildman–Crippen LogP) is 4.36. The van der Waals surface area contributed by atoms with Crippen LogP contribution in [0.1, 0.15) is 0 Å². The Morgan fingerprint density at radius 2 is 1.69 bits per heavy atom. The molecule has 1 N–H and O–H groups in total. The van der Waals surface area contributed by atoms with Crippen molar-refractivity contribution in [1.29, 1.82) is 0 Å². The van der Waals surface area contributed by atoms with Gasteiger partial charge in [0.1, 0.15) is 11.6 Å². The lowest BCUT2D eigenvalue weighted by atomic mass is 10.1. The van der Waals surface area contributed by atoms with Crippen molar-refractivity contribution in [2.45, 2.75) is 0 Å². The molecule has 0 radical (unpaired) electrons. The molecule has 0 aliphatic rings. The molecule has 4 heteroatoms. The Bertz CT molecular complexity index is 703. The Labute approximate surface area is 98.2 Å². The first-order valence-corrected chi connectivity index (χ1v) is 5.51. The minimum absolute atomic E-state index is 0.336. The van der Waals surface area contributed by atoms with Gasteiger partial charge >= 0.3 is 0 Å². The van der Waals surface area contributed by atoms with Crippen LogP contribution in [0.4, 0.5) is 8.78 Å². The van der Waals surface area contributed by atoms with Crippen LogP contribution in [0.15, 0.2) is 34.8 Å². The molecule has 16 heavy (non-hydrogen) atoms. The lowest BCUT2D eigenvalue weighted by Gasteiger charge is -1.94. The number of hydrogen-bond donors (Lipinski definition) is 1. The lowest BCUT2D eigenvalue weighted by Crippen LogP contribution is -1.77. The van der Waals surface area contributed by atoms with E-state index >= 15 is 0 Å². The summed E-state index contributed by atoms with van der Waals surface area (Å²) in [4.78, 5) is 2.77. The minimum atomic E-state index is -0.389. The summed E-state index contributed by atoms with van der Waals surface area (Å²) in [5.74, 6) is -0.760. The molecule has 1 heterocycles. The number of nitrogens with one attached hydrogen (secondary N) is 1. The number of halogens is 3. The molecule has 1 nitrogen and oxygen atoms in total. The number of para-hydroxylation sites is 1. The quantitative estimate of drug-likeness (QED) is 0.630. The van der Waals surface area contributed by atoms with Crippen LogP contribution in [-0.2, 0) is 0 Å². The fourth-order valence-corrected chi connectivity index (χ4v) is 2.34. The van der Waals surface area contributed by atoms with Gasteiger partial charge in [-0.3, -0.25) is 0 Å². The van der Waals surface area contributed by atoms with Gasteiger partial charge in [-0.25, -0.2) is 8.78 Å². The van der Waals surface area contributed by atoms with E-state index in [1.165, 1.54) is 12.1 Å². The van der Waals surface area contributed by atoms with E-state index in [4.69, 9.17) is 0 Å². The second kappa shape index (κ2) is 3.28. The number of benzene rings is 2. The number of rotatable bonds is 0. The molecule has 0 aliphatic heterocycles. The normalized spacial score (nSPS) is 11.4. The van der Waals surface area contributed by atoms with Crippen LogP contribution in [0.3, 0.4) is 0 Å². The van der Waals surface area contributed by atoms with Gasteiger partial charge in [0.2, 0.25) is 0 Å². The second-order valence-electron chi connectivity index (χ2n) is 3.60. The smallest absolute Gasteiger partial charge is 0.148 e. The maximum absolute atomic E-state index is 13.6. The van der Waals surface area contributed by atoms with Crippen molar-refractivity contribution in [3.8, 4) is 0 Å². The zero-order valence-electron chi connectivity index (χ0n) is 8.02. The van der Waals surface area contributed by atoms with Gasteiger partial charge in [-0.1, -0.05) is 28.1 Å². The molecule has 0 bridgehead atoms. The van der Waals surface area contributed by atoms with Crippen LogP contribution < -0.4 is 0 Å². The predicted molar refractivity (Wildman–Crippen MR) is 63.4 cm³/mol. The van der Waals surface area contributed by atoms with Crippen LogP contribution >= 0.6 is 15.9 Å². The Morgan fingerprint density at radius 1 is 0.938 bits per heavy atom. The molecule has 80 valence electrons. The summed E-state index contributed by atoms with van der Waals surface area (Å²) >= 11 is 3.22. The molecular formula is C12H6BrF2N. The molecule has 0 saturated heterocycles. The molecule has 2 aromatic carbocycles. The molecule has 0 fully saturated rings. The SMILES string of the molecule is Fc1cccc2c1[nH]c1c(F)cc(Br)cc12. The lowest BCUT2D eigenvalue weighted by molar-refractivity contribution is 0.633. The van der Waals surface area contributed by atoms with Gasteiger partial charge in [0.25, 0.3) is 0 Å². The molecule has 0 amide bonds. The summed E-state index contributed by atoms with van der Waals surface area (Å²) in [5.41, 5.74) is 0.679. The van der Waals surface area contributed by atoms with E-state index in [1.807, 2.05) is 0 Å². The van der Waals surface area contributed by atoms with E-state index in [-0.39, 0.29) is 11.6 Å². The summed E-state index contributed by atoms with van der Waals surface area (Å²) in [6.07, 6.45) is 0. The van der Waals surface area contributed by atoms with Gasteiger partial charge in [-0.15, -0.1) is 0 Å². The standard InChI is InChI=1S/C12H6BrF2N/c13-6-4-8-7-2-1-3-9(14)11(7)16-12(8)10(15)5-6/h1-5,16H. The zero-order chi connectivity index (χ0) is 11.3. The molecule has 0 atom stereocenters. The summed E-state index contributed by atoms with van der Waals surface area (Å²) < 4.78 is 27.8. The first-order valence-electron chi connectivity index (χ1n) is 4.72. The zero-order valence-corrected chi connectivity index (χ0v) is 9.61. The summed E-state index contributed by atoms with van der Waals surface area (Å²) in [6.45, 7) is 0. The van der Waals surface area contributed by atoms with Crippen molar-refractivity contribution >= 4 is 37.7 Å². The highest BCUT2D eigenvalue weighted by atomic mass is 79.9. The third kappa shape index (κ3) is 1.26. The van der Waals surface area contributed by atoms with Crippen molar-refractivity contribution in [3.05, 3.63) is 46.4 Å². The Hall–Kier alpha value is -1.42. The molecule has 0 spiro atoms. The average molecular weight is 282 g/mol. The van der Waals surface area contributed by atoms with E-state index in [0.717, 1.165) is 0 Å². The highest BCUT2D eigenvalue weighted by molar-refractivity contribution is 9.10. The molecule has 0 aliphatic carbocycles. The molecule has 0 saturated carbocycles. The van der Waals surface area contributed by atoms with E-state index in [0.29, 0.717) is 26.3 Å². The van der Waals surface area contributed by atoms with Gasteiger partial charge < -0.3 is 4.98 Å². The van der Waals surface area contributed by atoms with Crippen LogP contribution in [0.2, 0.25) is 0 Å². The van der Waals surface area contributed by atoms with Crippen LogP contribution in [0.25, 0.3) is 21.8 Å². The number of aromatic amines is 1. The van der Waals surface area contributed by atoms with Gasteiger partial charge in [-0.05, 0) is 18.2 Å².